The SMILES string of the molecule is O=C1C=CC2OCC3CSCC3C2C1. The maximum atomic E-state index is 11.4. The fourth-order valence-corrected chi connectivity index (χ4v) is 4.40. The monoisotopic (exact) mass is 210 g/mol. The van der Waals surface area contributed by atoms with Gasteiger partial charge in [-0.1, -0.05) is 6.08 Å². The number of ether oxygens (including phenoxy) is 1. The van der Waals surface area contributed by atoms with Gasteiger partial charge in [0.25, 0.3) is 0 Å². The van der Waals surface area contributed by atoms with Crippen molar-refractivity contribution < 1.29 is 9.53 Å². The molecule has 0 N–H and O–H groups in total. The van der Waals surface area contributed by atoms with Crippen LogP contribution >= 0.6 is 11.8 Å². The van der Waals surface area contributed by atoms with Crippen molar-refractivity contribution >= 4 is 17.5 Å². The molecule has 3 rings (SSSR count). The van der Waals surface area contributed by atoms with E-state index in [4.69, 9.17) is 4.74 Å². The van der Waals surface area contributed by atoms with Crippen LogP contribution < -0.4 is 0 Å². The molecule has 0 bridgehead atoms. The zero-order valence-corrected chi connectivity index (χ0v) is 8.83. The molecule has 2 heterocycles. The molecular formula is C11H14O2S. The van der Waals surface area contributed by atoms with Gasteiger partial charge in [0.2, 0.25) is 0 Å². The molecule has 0 aromatic carbocycles. The van der Waals surface area contributed by atoms with Gasteiger partial charge in [0.05, 0.1) is 12.7 Å². The van der Waals surface area contributed by atoms with Crippen LogP contribution in [0.4, 0.5) is 0 Å². The van der Waals surface area contributed by atoms with E-state index in [0.29, 0.717) is 18.3 Å². The number of hydrogen-bond donors (Lipinski definition) is 0. The van der Waals surface area contributed by atoms with Gasteiger partial charge in [0.1, 0.15) is 0 Å². The third-order valence-electron chi connectivity index (χ3n) is 3.63. The minimum Gasteiger partial charge on any atom is -0.373 e. The summed E-state index contributed by atoms with van der Waals surface area (Å²) in [4.78, 5) is 11.4. The van der Waals surface area contributed by atoms with Crippen LogP contribution in [0.2, 0.25) is 0 Å². The van der Waals surface area contributed by atoms with E-state index >= 15 is 0 Å². The lowest BCUT2D eigenvalue weighted by molar-refractivity contribution is -0.122. The third kappa shape index (κ3) is 1.34. The first-order valence-corrected chi connectivity index (χ1v) is 6.40. The molecule has 2 fully saturated rings. The van der Waals surface area contributed by atoms with E-state index in [1.54, 1.807) is 6.08 Å². The summed E-state index contributed by atoms with van der Waals surface area (Å²) in [5.74, 6) is 4.66. The first kappa shape index (κ1) is 8.98. The van der Waals surface area contributed by atoms with E-state index in [1.165, 1.54) is 11.5 Å². The van der Waals surface area contributed by atoms with E-state index in [2.05, 4.69) is 0 Å². The highest BCUT2D eigenvalue weighted by Gasteiger charge is 2.43. The highest BCUT2D eigenvalue weighted by Crippen LogP contribution is 2.43. The predicted molar refractivity (Wildman–Crippen MR) is 56.3 cm³/mol. The molecule has 2 aliphatic heterocycles. The van der Waals surface area contributed by atoms with Crippen LogP contribution in [0, 0.1) is 17.8 Å². The molecule has 0 aromatic heterocycles. The van der Waals surface area contributed by atoms with Gasteiger partial charge in [0, 0.05) is 6.42 Å². The van der Waals surface area contributed by atoms with Gasteiger partial charge >= 0.3 is 0 Å². The quantitative estimate of drug-likeness (QED) is 0.606. The molecule has 0 aromatic rings. The average molecular weight is 210 g/mol. The van der Waals surface area contributed by atoms with E-state index in [9.17, 15) is 4.79 Å². The van der Waals surface area contributed by atoms with Gasteiger partial charge in [-0.15, -0.1) is 0 Å². The predicted octanol–water partition coefficient (Wildman–Crippen LogP) is 1.51. The Hall–Kier alpha value is -0.280. The van der Waals surface area contributed by atoms with Crippen molar-refractivity contribution in [1.29, 1.82) is 0 Å². The maximum Gasteiger partial charge on any atom is 0.155 e. The van der Waals surface area contributed by atoms with E-state index in [-0.39, 0.29) is 11.9 Å². The van der Waals surface area contributed by atoms with E-state index in [1.807, 2.05) is 17.8 Å². The summed E-state index contributed by atoms with van der Waals surface area (Å²) in [6.07, 6.45) is 4.61. The zero-order chi connectivity index (χ0) is 9.54. The van der Waals surface area contributed by atoms with Crippen molar-refractivity contribution in [1.82, 2.24) is 0 Å². The van der Waals surface area contributed by atoms with E-state index in [0.717, 1.165) is 12.5 Å². The smallest absolute Gasteiger partial charge is 0.155 e. The minimum absolute atomic E-state index is 0.229. The van der Waals surface area contributed by atoms with Gasteiger partial charge in [-0.3, -0.25) is 4.79 Å². The Morgan fingerprint density at radius 2 is 2.29 bits per heavy atom. The summed E-state index contributed by atoms with van der Waals surface area (Å²) in [5.41, 5.74) is 0. The molecule has 76 valence electrons. The van der Waals surface area contributed by atoms with Crippen molar-refractivity contribution in [2.24, 2.45) is 17.8 Å². The number of ketones is 1. The molecule has 0 saturated carbocycles. The number of carbonyl (C=O) groups excluding carboxylic acids is 1. The number of fused-ring (bicyclic) bond motifs is 3. The Labute approximate surface area is 88.1 Å². The molecule has 2 nitrogen and oxygen atoms in total. The second-order valence-electron chi connectivity index (χ2n) is 4.45. The van der Waals surface area contributed by atoms with Crippen LogP contribution in [-0.4, -0.2) is 30.0 Å². The van der Waals surface area contributed by atoms with Crippen molar-refractivity contribution in [2.75, 3.05) is 18.1 Å². The maximum absolute atomic E-state index is 11.4. The van der Waals surface area contributed by atoms with E-state index < -0.39 is 0 Å². The second-order valence-corrected chi connectivity index (χ2v) is 5.53. The fourth-order valence-electron chi connectivity index (χ4n) is 2.83. The molecule has 3 heteroatoms. The Bertz CT molecular complexity index is 287. The van der Waals surface area contributed by atoms with Crippen LogP contribution in [0.15, 0.2) is 12.2 Å². The summed E-state index contributed by atoms with van der Waals surface area (Å²) < 4.78 is 5.79. The molecule has 0 radical (unpaired) electrons. The highest BCUT2D eigenvalue weighted by atomic mass is 32.2. The lowest BCUT2D eigenvalue weighted by Gasteiger charge is -2.39. The average Bonchev–Trinajstić information content (AvgIpc) is 2.65. The summed E-state index contributed by atoms with van der Waals surface area (Å²) in [6, 6.07) is 0. The molecule has 4 atom stereocenters. The van der Waals surface area contributed by atoms with Gasteiger partial charge in [-0.25, -0.2) is 0 Å². The fraction of sp³-hybridized carbons (Fsp3) is 0.727. The lowest BCUT2D eigenvalue weighted by atomic mass is 9.74. The van der Waals surface area contributed by atoms with Gasteiger partial charge in [-0.2, -0.15) is 11.8 Å². The topological polar surface area (TPSA) is 26.3 Å². The Morgan fingerprint density at radius 3 is 3.21 bits per heavy atom. The molecule has 1 aliphatic carbocycles. The lowest BCUT2D eigenvalue weighted by Crippen LogP contribution is -2.43. The Morgan fingerprint density at radius 1 is 1.36 bits per heavy atom. The number of rotatable bonds is 0. The molecule has 3 aliphatic rings. The molecule has 2 saturated heterocycles. The number of hydrogen-bond acceptors (Lipinski definition) is 3. The van der Waals surface area contributed by atoms with Gasteiger partial charge < -0.3 is 4.74 Å². The van der Waals surface area contributed by atoms with Crippen LogP contribution in [0.5, 0.6) is 0 Å². The number of carbonyl (C=O) groups is 1. The molecule has 0 spiro atoms. The largest absolute Gasteiger partial charge is 0.373 e. The standard InChI is InChI=1S/C11H14O2S/c12-8-1-2-11-9(3-8)10-6-14-5-7(10)4-13-11/h1-2,7,9-11H,3-6H2. The number of thioether (sulfide) groups is 1. The van der Waals surface area contributed by atoms with Crippen LogP contribution in [0.3, 0.4) is 0 Å². The summed E-state index contributed by atoms with van der Waals surface area (Å²) in [6.45, 7) is 0.900. The summed E-state index contributed by atoms with van der Waals surface area (Å²) in [7, 11) is 0. The molecule has 14 heavy (non-hydrogen) atoms. The van der Waals surface area contributed by atoms with Crippen LogP contribution in [-0.2, 0) is 9.53 Å². The van der Waals surface area contributed by atoms with Crippen molar-refractivity contribution in [3.05, 3.63) is 12.2 Å². The van der Waals surface area contributed by atoms with Crippen molar-refractivity contribution in [2.45, 2.75) is 12.5 Å². The normalized spacial score (nSPS) is 46.1. The second kappa shape index (κ2) is 3.38. The van der Waals surface area contributed by atoms with Gasteiger partial charge in [0.15, 0.2) is 5.78 Å². The van der Waals surface area contributed by atoms with Gasteiger partial charge in [-0.05, 0) is 35.3 Å². The molecule has 4 unspecified atom stereocenters. The molecular weight excluding hydrogens is 196 g/mol. The van der Waals surface area contributed by atoms with Crippen LogP contribution in [0.1, 0.15) is 6.42 Å². The number of allylic oxidation sites excluding steroid dienone is 1. The minimum atomic E-state index is 0.229. The first-order valence-electron chi connectivity index (χ1n) is 5.25. The molecule has 0 amide bonds. The first-order chi connectivity index (χ1) is 6.84. The zero-order valence-electron chi connectivity index (χ0n) is 8.02. The Balaban J connectivity index is 1.85. The Kier molecular flexibility index (Phi) is 2.17. The summed E-state index contributed by atoms with van der Waals surface area (Å²) >= 11 is 2.02. The third-order valence-corrected chi connectivity index (χ3v) is 4.92. The van der Waals surface area contributed by atoms with Crippen molar-refractivity contribution in [3.8, 4) is 0 Å². The van der Waals surface area contributed by atoms with Crippen LogP contribution in [0.25, 0.3) is 0 Å². The summed E-state index contributed by atoms with van der Waals surface area (Å²) in [5, 5.41) is 0. The highest BCUT2D eigenvalue weighted by molar-refractivity contribution is 7.99. The van der Waals surface area contributed by atoms with Crippen molar-refractivity contribution in [3.63, 3.8) is 0 Å².